The van der Waals surface area contributed by atoms with E-state index in [1.54, 1.807) is 6.26 Å². The molecule has 1 aromatic heterocycles. The van der Waals surface area contributed by atoms with Gasteiger partial charge in [-0.2, -0.15) is 0 Å². The largest absolute Gasteiger partial charge is 0.468 e. The van der Waals surface area contributed by atoms with E-state index in [2.05, 4.69) is 38.2 Å². The molecule has 0 fully saturated rings. The van der Waals surface area contributed by atoms with E-state index >= 15 is 0 Å². The fourth-order valence-corrected chi connectivity index (χ4v) is 2.08. The summed E-state index contributed by atoms with van der Waals surface area (Å²) in [6.07, 6.45) is 4.30. The molecule has 0 aliphatic heterocycles. The van der Waals surface area contributed by atoms with Crippen LogP contribution in [-0.2, 0) is 0 Å². The molecule has 98 valence electrons. The summed E-state index contributed by atoms with van der Waals surface area (Å²) >= 11 is 0. The van der Waals surface area contributed by atoms with Crippen LogP contribution >= 0.6 is 0 Å². The van der Waals surface area contributed by atoms with Crippen LogP contribution in [0.4, 0.5) is 0 Å². The number of rotatable bonds is 8. The summed E-state index contributed by atoms with van der Waals surface area (Å²) in [5, 5.41) is 3.54. The Labute approximate surface area is 105 Å². The van der Waals surface area contributed by atoms with Crippen LogP contribution < -0.4 is 5.32 Å². The molecule has 1 aromatic rings. The minimum absolute atomic E-state index is 0.318. The fourth-order valence-electron chi connectivity index (χ4n) is 2.08. The monoisotopic (exact) mass is 238 g/mol. The molecule has 3 heteroatoms. The van der Waals surface area contributed by atoms with Crippen LogP contribution in [0.2, 0.25) is 0 Å². The molecular formula is C14H26N2O. The van der Waals surface area contributed by atoms with E-state index in [4.69, 9.17) is 4.42 Å². The molecule has 2 atom stereocenters. The lowest BCUT2D eigenvalue weighted by Crippen LogP contribution is -2.33. The van der Waals surface area contributed by atoms with E-state index in [1.807, 2.05) is 12.1 Å². The highest BCUT2D eigenvalue weighted by molar-refractivity contribution is 5.04. The fraction of sp³-hybridized carbons (Fsp3) is 0.714. The molecule has 0 aliphatic rings. The molecule has 0 saturated heterocycles. The molecule has 0 saturated carbocycles. The third-order valence-corrected chi connectivity index (χ3v) is 3.11. The Bertz CT molecular complexity index is 282. The van der Waals surface area contributed by atoms with E-state index < -0.39 is 0 Å². The van der Waals surface area contributed by atoms with Gasteiger partial charge in [0.05, 0.1) is 12.3 Å². The zero-order valence-corrected chi connectivity index (χ0v) is 11.6. The number of furan rings is 1. The van der Waals surface area contributed by atoms with Gasteiger partial charge >= 0.3 is 0 Å². The number of likely N-dealkylation sites (N-methyl/N-ethyl adjacent to an activating group) is 1. The van der Waals surface area contributed by atoms with Crippen LogP contribution in [0.3, 0.4) is 0 Å². The van der Waals surface area contributed by atoms with Crippen molar-refractivity contribution in [2.45, 2.75) is 32.7 Å². The average molecular weight is 238 g/mol. The molecule has 1 rings (SSSR count). The van der Waals surface area contributed by atoms with Gasteiger partial charge in [-0.25, -0.2) is 0 Å². The predicted molar refractivity (Wildman–Crippen MR) is 72.1 cm³/mol. The summed E-state index contributed by atoms with van der Waals surface area (Å²) in [7, 11) is 4.18. The number of nitrogens with zero attached hydrogens (tertiary/aromatic N) is 1. The van der Waals surface area contributed by atoms with Gasteiger partial charge in [0, 0.05) is 6.54 Å². The number of hydrogen-bond donors (Lipinski definition) is 1. The van der Waals surface area contributed by atoms with E-state index in [9.17, 15) is 0 Å². The minimum atomic E-state index is 0.318. The number of nitrogens with one attached hydrogen (secondary N) is 1. The quantitative estimate of drug-likeness (QED) is 0.755. The zero-order chi connectivity index (χ0) is 12.7. The lowest BCUT2D eigenvalue weighted by Gasteiger charge is -2.23. The first-order valence-corrected chi connectivity index (χ1v) is 6.55. The van der Waals surface area contributed by atoms with E-state index in [0.29, 0.717) is 6.04 Å². The molecule has 1 heterocycles. The van der Waals surface area contributed by atoms with Crippen molar-refractivity contribution >= 4 is 0 Å². The van der Waals surface area contributed by atoms with Crippen molar-refractivity contribution in [3.05, 3.63) is 24.2 Å². The van der Waals surface area contributed by atoms with Crippen molar-refractivity contribution in [2.75, 3.05) is 27.2 Å². The van der Waals surface area contributed by atoms with E-state index in [0.717, 1.165) is 24.8 Å². The molecule has 0 aromatic carbocycles. The first-order chi connectivity index (χ1) is 8.15. The van der Waals surface area contributed by atoms with Gasteiger partial charge in [-0.3, -0.25) is 4.90 Å². The van der Waals surface area contributed by atoms with Crippen molar-refractivity contribution in [2.24, 2.45) is 5.92 Å². The van der Waals surface area contributed by atoms with Gasteiger partial charge in [0.15, 0.2) is 0 Å². The smallest absolute Gasteiger partial charge is 0.122 e. The second kappa shape index (κ2) is 7.51. The summed E-state index contributed by atoms with van der Waals surface area (Å²) < 4.78 is 5.48. The first-order valence-electron chi connectivity index (χ1n) is 6.55. The zero-order valence-electron chi connectivity index (χ0n) is 11.6. The third kappa shape index (κ3) is 4.92. The Morgan fingerprint density at radius 3 is 2.65 bits per heavy atom. The maximum Gasteiger partial charge on any atom is 0.122 e. The third-order valence-electron chi connectivity index (χ3n) is 3.11. The van der Waals surface area contributed by atoms with Crippen molar-refractivity contribution in [1.82, 2.24) is 10.2 Å². The molecule has 0 spiro atoms. The van der Waals surface area contributed by atoms with Crippen LogP contribution in [0.25, 0.3) is 0 Å². The van der Waals surface area contributed by atoms with Crippen LogP contribution in [0.15, 0.2) is 22.8 Å². The van der Waals surface area contributed by atoms with E-state index in [1.165, 1.54) is 12.8 Å². The molecule has 0 radical (unpaired) electrons. The Morgan fingerprint density at radius 1 is 1.35 bits per heavy atom. The van der Waals surface area contributed by atoms with Crippen LogP contribution in [0.1, 0.15) is 38.5 Å². The molecule has 0 bridgehead atoms. The van der Waals surface area contributed by atoms with Gasteiger partial charge < -0.3 is 9.73 Å². The van der Waals surface area contributed by atoms with Crippen molar-refractivity contribution in [3.8, 4) is 0 Å². The molecule has 17 heavy (non-hydrogen) atoms. The standard InChI is InChI=1S/C14H26N2O/c1-5-7-12(2)10-15-11-13(16(3)4)14-8-6-9-17-14/h6,8-9,12-13,15H,5,7,10-11H2,1-4H3. The summed E-state index contributed by atoms with van der Waals surface area (Å²) in [6, 6.07) is 4.31. The Hall–Kier alpha value is -0.800. The molecule has 0 aliphatic carbocycles. The van der Waals surface area contributed by atoms with Gasteiger partial charge in [-0.05, 0) is 45.1 Å². The minimum Gasteiger partial charge on any atom is -0.468 e. The lowest BCUT2D eigenvalue weighted by atomic mass is 10.1. The van der Waals surface area contributed by atoms with E-state index in [-0.39, 0.29) is 0 Å². The molecule has 0 amide bonds. The van der Waals surface area contributed by atoms with Gasteiger partial charge in [-0.1, -0.05) is 20.3 Å². The van der Waals surface area contributed by atoms with Crippen LogP contribution in [0.5, 0.6) is 0 Å². The highest BCUT2D eigenvalue weighted by atomic mass is 16.3. The highest BCUT2D eigenvalue weighted by Gasteiger charge is 2.16. The maximum absolute atomic E-state index is 5.48. The summed E-state index contributed by atoms with van der Waals surface area (Å²) in [6.45, 7) is 6.56. The number of hydrogen-bond acceptors (Lipinski definition) is 3. The topological polar surface area (TPSA) is 28.4 Å². The second-order valence-electron chi connectivity index (χ2n) is 5.05. The van der Waals surface area contributed by atoms with Crippen molar-refractivity contribution in [1.29, 1.82) is 0 Å². The molecule has 3 nitrogen and oxygen atoms in total. The second-order valence-corrected chi connectivity index (χ2v) is 5.05. The summed E-state index contributed by atoms with van der Waals surface area (Å²) in [5.74, 6) is 1.78. The Morgan fingerprint density at radius 2 is 2.12 bits per heavy atom. The predicted octanol–water partition coefficient (Wildman–Crippen LogP) is 2.91. The van der Waals surface area contributed by atoms with Crippen molar-refractivity contribution in [3.63, 3.8) is 0 Å². The Kier molecular flexibility index (Phi) is 6.30. The van der Waals surface area contributed by atoms with Gasteiger partial charge in [0.25, 0.3) is 0 Å². The molecular weight excluding hydrogens is 212 g/mol. The lowest BCUT2D eigenvalue weighted by molar-refractivity contribution is 0.247. The Balaban J connectivity index is 2.36. The molecule has 1 N–H and O–H groups in total. The highest BCUT2D eigenvalue weighted by Crippen LogP contribution is 2.17. The average Bonchev–Trinajstić information content (AvgIpc) is 2.77. The summed E-state index contributed by atoms with van der Waals surface area (Å²) in [4.78, 5) is 2.19. The van der Waals surface area contributed by atoms with Crippen LogP contribution in [0, 0.1) is 5.92 Å². The van der Waals surface area contributed by atoms with Crippen molar-refractivity contribution < 1.29 is 4.42 Å². The van der Waals surface area contributed by atoms with Gasteiger partial charge in [0.2, 0.25) is 0 Å². The van der Waals surface area contributed by atoms with Gasteiger partial charge in [0.1, 0.15) is 5.76 Å². The molecule has 2 unspecified atom stereocenters. The van der Waals surface area contributed by atoms with Crippen LogP contribution in [-0.4, -0.2) is 32.1 Å². The summed E-state index contributed by atoms with van der Waals surface area (Å²) in [5.41, 5.74) is 0. The first kappa shape index (κ1) is 14.3. The maximum atomic E-state index is 5.48. The SMILES string of the molecule is CCCC(C)CNCC(c1ccco1)N(C)C. The normalized spacial score (nSPS) is 15.1. The van der Waals surface area contributed by atoms with Gasteiger partial charge in [-0.15, -0.1) is 0 Å².